The quantitative estimate of drug-likeness (QED) is 0.887. The van der Waals surface area contributed by atoms with Gasteiger partial charge in [0.2, 0.25) is 0 Å². The number of rotatable bonds is 4. The van der Waals surface area contributed by atoms with Crippen LogP contribution in [-0.4, -0.2) is 40.4 Å². The van der Waals surface area contributed by atoms with Crippen LogP contribution in [0.25, 0.3) is 0 Å². The molecule has 1 aromatic rings. The van der Waals surface area contributed by atoms with Crippen LogP contribution in [-0.2, 0) is 13.6 Å². The largest absolute Gasteiger partial charge is 0.314 e. The van der Waals surface area contributed by atoms with E-state index in [1.165, 1.54) is 18.4 Å². The zero-order chi connectivity index (χ0) is 11.4. The van der Waals surface area contributed by atoms with Crippen molar-refractivity contribution in [3.05, 3.63) is 18.0 Å². The van der Waals surface area contributed by atoms with Crippen LogP contribution in [0.3, 0.4) is 0 Å². The molecule has 5 heteroatoms. The maximum atomic E-state index is 4.23. The standard InChI is InChI=1S/C12H22N4.ClH/c1-3-4-12-8-13-5-6-16(12)10-11-7-14-15(2)9-11;/h7,9,12-13H,3-6,8,10H2,1-2H3;1H. The van der Waals surface area contributed by atoms with Crippen LogP contribution in [0, 0.1) is 0 Å². The van der Waals surface area contributed by atoms with Gasteiger partial charge in [0, 0.05) is 51.0 Å². The van der Waals surface area contributed by atoms with Crippen molar-refractivity contribution in [2.75, 3.05) is 19.6 Å². The molecule has 1 atom stereocenters. The first-order chi connectivity index (χ1) is 7.79. The maximum absolute atomic E-state index is 4.23. The van der Waals surface area contributed by atoms with E-state index in [-0.39, 0.29) is 12.4 Å². The fourth-order valence-electron chi connectivity index (χ4n) is 2.42. The van der Waals surface area contributed by atoms with Crippen molar-refractivity contribution in [2.24, 2.45) is 7.05 Å². The number of halogens is 1. The van der Waals surface area contributed by atoms with E-state index in [0.29, 0.717) is 6.04 Å². The minimum absolute atomic E-state index is 0. The predicted molar refractivity (Wildman–Crippen MR) is 72.4 cm³/mol. The Balaban J connectivity index is 0.00000144. The number of aromatic nitrogens is 2. The summed E-state index contributed by atoms with van der Waals surface area (Å²) in [6.45, 7) is 6.70. The molecule has 17 heavy (non-hydrogen) atoms. The summed E-state index contributed by atoms with van der Waals surface area (Å²) in [6, 6.07) is 0.693. The summed E-state index contributed by atoms with van der Waals surface area (Å²) in [5.74, 6) is 0. The highest BCUT2D eigenvalue weighted by atomic mass is 35.5. The van der Waals surface area contributed by atoms with Crippen molar-refractivity contribution in [1.82, 2.24) is 20.0 Å². The molecule has 1 fully saturated rings. The van der Waals surface area contributed by atoms with Crippen molar-refractivity contribution in [3.63, 3.8) is 0 Å². The lowest BCUT2D eigenvalue weighted by molar-refractivity contribution is 0.144. The Bertz CT molecular complexity index is 324. The van der Waals surface area contributed by atoms with Gasteiger partial charge in [0.05, 0.1) is 6.20 Å². The van der Waals surface area contributed by atoms with Gasteiger partial charge in [-0.15, -0.1) is 12.4 Å². The van der Waals surface area contributed by atoms with E-state index in [0.717, 1.165) is 26.2 Å². The summed E-state index contributed by atoms with van der Waals surface area (Å²) in [4.78, 5) is 2.58. The number of nitrogens with zero attached hydrogens (tertiary/aromatic N) is 3. The second kappa shape index (κ2) is 6.99. The van der Waals surface area contributed by atoms with Gasteiger partial charge in [-0.1, -0.05) is 13.3 Å². The molecule has 0 bridgehead atoms. The van der Waals surface area contributed by atoms with Crippen LogP contribution < -0.4 is 5.32 Å². The molecular formula is C12H23ClN4. The van der Waals surface area contributed by atoms with E-state index in [2.05, 4.69) is 28.4 Å². The number of hydrogen-bond acceptors (Lipinski definition) is 3. The molecule has 0 amide bonds. The molecule has 2 heterocycles. The minimum Gasteiger partial charge on any atom is -0.314 e. The molecule has 1 aliphatic rings. The molecule has 1 N–H and O–H groups in total. The molecule has 1 unspecified atom stereocenters. The monoisotopic (exact) mass is 258 g/mol. The van der Waals surface area contributed by atoms with E-state index in [9.17, 15) is 0 Å². The van der Waals surface area contributed by atoms with Crippen molar-refractivity contribution < 1.29 is 0 Å². The Hall–Kier alpha value is -0.580. The third kappa shape index (κ3) is 3.98. The molecule has 0 aromatic carbocycles. The Kier molecular flexibility index (Phi) is 5.95. The number of piperazine rings is 1. The average molecular weight is 259 g/mol. The highest BCUT2D eigenvalue weighted by Gasteiger charge is 2.21. The van der Waals surface area contributed by atoms with E-state index in [4.69, 9.17) is 0 Å². The van der Waals surface area contributed by atoms with Crippen LogP contribution in [0.4, 0.5) is 0 Å². The minimum atomic E-state index is 0. The van der Waals surface area contributed by atoms with Gasteiger partial charge in [0.25, 0.3) is 0 Å². The van der Waals surface area contributed by atoms with Gasteiger partial charge in [-0.05, 0) is 6.42 Å². The van der Waals surface area contributed by atoms with Gasteiger partial charge >= 0.3 is 0 Å². The van der Waals surface area contributed by atoms with E-state index >= 15 is 0 Å². The Morgan fingerprint density at radius 2 is 2.35 bits per heavy atom. The summed E-state index contributed by atoms with van der Waals surface area (Å²) < 4.78 is 1.88. The Morgan fingerprint density at radius 1 is 1.53 bits per heavy atom. The predicted octanol–water partition coefficient (Wildman–Crippen LogP) is 1.42. The van der Waals surface area contributed by atoms with Crippen molar-refractivity contribution in [2.45, 2.75) is 32.4 Å². The van der Waals surface area contributed by atoms with Crippen molar-refractivity contribution in [3.8, 4) is 0 Å². The molecule has 0 saturated carbocycles. The molecule has 1 aromatic heterocycles. The summed E-state index contributed by atoms with van der Waals surface area (Å²) >= 11 is 0. The van der Waals surface area contributed by atoms with Gasteiger partial charge in [0.1, 0.15) is 0 Å². The summed E-state index contributed by atoms with van der Waals surface area (Å²) in [7, 11) is 1.98. The normalized spacial score (nSPS) is 21.2. The highest BCUT2D eigenvalue weighted by molar-refractivity contribution is 5.85. The molecule has 4 nitrogen and oxygen atoms in total. The van der Waals surface area contributed by atoms with E-state index < -0.39 is 0 Å². The Labute approximate surface area is 110 Å². The summed E-state index contributed by atoms with van der Waals surface area (Å²) in [5.41, 5.74) is 1.32. The zero-order valence-corrected chi connectivity index (χ0v) is 11.5. The van der Waals surface area contributed by atoms with E-state index in [1.54, 1.807) is 0 Å². The lowest BCUT2D eigenvalue weighted by atomic mass is 10.1. The van der Waals surface area contributed by atoms with Gasteiger partial charge < -0.3 is 5.32 Å². The third-order valence-corrected chi connectivity index (χ3v) is 3.24. The molecule has 1 aliphatic heterocycles. The van der Waals surface area contributed by atoms with Gasteiger partial charge in [-0.2, -0.15) is 5.10 Å². The fraction of sp³-hybridized carbons (Fsp3) is 0.750. The maximum Gasteiger partial charge on any atom is 0.0534 e. The number of aryl methyl sites for hydroxylation is 1. The SMILES string of the molecule is CCCC1CNCCN1Cc1cnn(C)c1.Cl. The molecule has 0 spiro atoms. The highest BCUT2D eigenvalue weighted by Crippen LogP contribution is 2.13. The fourth-order valence-corrected chi connectivity index (χ4v) is 2.42. The first-order valence-corrected chi connectivity index (χ1v) is 6.22. The lowest BCUT2D eigenvalue weighted by Gasteiger charge is -2.35. The van der Waals surface area contributed by atoms with Crippen LogP contribution in [0.15, 0.2) is 12.4 Å². The van der Waals surface area contributed by atoms with Crippen LogP contribution >= 0.6 is 12.4 Å². The van der Waals surface area contributed by atoms with Gasteiger partial charge in [-0.25, -0.2) is 0 Å². The van der Waals surface area contributed by atoms with Crippen LogP contribution in [0.1, 0.15) is 25.3 Å². The van der Waals surface area contributed by atoms with Crippen LogP contribution in [0.2, 0.25) is 0 Å². The van der Waals surface area contributed by atoms with E-state index in [1.807, 2.05) is 17.9 Å². The lowest BCUT2D eigenvalue weighted by Crippen LogP contribution is -2.50. The summed E-state index contributed by atoms with van der Waals surface area (Å²) in [5, 5.41) is 7.71. The summed E-state index contributed by atoms with van der Waals surface area (Å²) in [6.07, 6.45) is 6.64. The first-order valence-electron chi connectivity index (χ1n) is 6.22. The molecule has 2 rings (SSSR count). The first kappa shape index (κ1) is 14.5. The van der Waals surface area contributed by atoms with Crippen molar-refractivity contribution in [1.29, 1.82) is 0 Å². The molecular weight excluding hydrogens is 236 g/mol. The smallest absolute Gasteiger partial charge is 0.0534 e. The molecule has 0 radical (unpaired) electrons. The topological polar surface area (TPSA) is 33.1 Å². The van der Waals surface area contributed by atoms with Gasteiger partial charge in [-0.3, -0.25) is 9.58 Å². The second-order valence-electron chi connectivity index (χ2n) is 4.64. The second-order valence-corrected chi connectivity index (χ2v) is 4.64. The average Bonchev–Trinajstić information content (AvgIpc) is 2.67. The van der Waals surface area contributed by atoms with Crippen LogP contribution in [0.5, 0.6) is 0 Å². The Morgan fingerprint density at radius 3 is 3.00 bits per heavy atom. The van der Waals surface area contributed by atoms with Gasteiger partial charge in [0.15, 0.2) is 0 Å². The number of nitrogens with one attached hydrogen (secondary N) is 1. The molecule has 0 aliphatic carbocycles. The molecule has 1 saturated heterocycles. The molecule has 98 valence electrons. The number of hydrogen-bond donors (Lipinski definition) is 1. The van der Waals surface area contributed by atoms with Crippen molar-refractivity contribution >= 4 is 12.4 Å². The third-order valence-electron chi connectivity index (χ3n) is 3.24. The zero-order valence-electron chi connectivity index (χ0n) is 10.7.